The molecule has 0 radical (unpaired) electrons. The Morgan fingerprint density at radius 2 is 0.864 bits per heavy atom. The largest absolute Gasteiger partial charge is 0.355 e. The van der Waals surface area contributed by atoms with Gasteiger partial charge in [-0.3, -0.25) is 8.80 Å². The van der Waals surface area contributed by atoms with Crippen molar-refractivity contribution in [2.24, 2.45) is 0 Å². The second-order valence-electron chi connectivity index (χ2n) is 11.1. The van der Waals surface area contributed by atoms with E-state index >= 15 is 0 Å². The Bertz CT molecular complexity index is 2110. The van der Waals surface area contributed by atoms with Crippen LogP contribution < -0.4 is 16.0 Å². The van der Waals surface area contributed by atoms with Gasteiger partial charge in [-0.15, -0.1) is 0 Å². The smallest absolute Gasteiger partial charge is 0.209 e. The third kappa shape index (κ3) is 4.71. The molecule has 9 heteroatoms. The Hall–Kier alpha value is -5.28. The van der Waals surface area contributed by atoms with Crippen LogP contribution in [0.3, 0.4) is 0 Å². The highest BCUT2D eigenvalue weighted by molar-refractivity contribution is 5.98. The molecule has 0 unspecified atom stereocenters. The number of anilines is 2. The van der Waals surface area contributed by atoms with Gasteiger partial charge in [0.15, 0.2) is 0 Å². The van der Waals surface area contributed by atoms with Crippen LogP contribution in [0, 0.1) is 0 Å². The molecule has 44 heavy (non-hydrogen) atoms. The molecule has 8 rings (SSSR count). The second kappa shape index (κ2) is 11.4. The predicted octanol–water partition coefficient (Wildman–Crippen LogP) is 6.67. The number of hydrogen-bond acceptors (Lipinski definition) is 7. The van der Waals surface area contributed by atoms with Gasteiger partial charge in [0.2, 0.25) is 11.9 Å². The van der Waals surface area contributed by atoms with Gasteiger partial charge in [0.25, 0.3) is 0 Å². The Morgan fingerprint density at radius 3 is 1.43 bits per heavy atom. The van der Waals surface area contributed by atoms with E-state index < -0.39 is 0 Å². The summed E-state index contributed by atoms with van der Waals surface area (Å²) < 4.78 is 4.29. The number of hydrogen-bond donors (Lipinski definition) is 3. The number of nitrogens with zero attached hydrogens (tertiary/aromatic N) is 6. The molecule has 0 atom stereocenters. The average Bonchev–Trinajstić information content (AvgIpc) is 3.66. The van der Waals surface area contributed by atoms with Gasteiger partial charge in [-0.1, -0.05) is 48.5 Å². The zero-order valence-corrected chi connectivity index (χ0v) is 24.4. The van der Waals surface area contributed by atoms with Crippen LogP contribution in [0.4, 0.5) is 11.9 Å². The van der Waals surface area contributed by atoms with E-state index in [-0.39, 0.29) is 0 Å². The van der Waals surface area contributed by atoms with Crippen molar-refractivity contribution in [1.82, 2.24) is 34.1 Å². The standard InChI is InChI=1S/C35H33N9/c1-3-14-26-24(12-1)32-39-28-16-5-7-18-30(28)43(32)34(41-26)37-22-10-9-20-36-21-11-23-38-35-42-27-15-4-2-13-25(27)33-40-29-17-6-8-19-31(29)44(33)35/h1-8,12-19,36H,9-11,20-23H2,(H,37,41)(H,38,42). The van der Waals surface area contributed by atoms with Gasteiger partial charge >= 0.3 is 0 Å². The molecule has 0 saturated heterocycles. The zero-order valence-electron chi connectivity index (χ0n) is 24.4. The van der Waals surface area contributed by atoms with Crippen LogP contribution in [-0.2, 0) is 0 Å². The predicted molar refractivity (Wildman–Crippen MR) is 180 cm³/mol. The minimum absolute atomic E-state index is 0.823. The quantitative estimate of drug-likeness (QED) is 0.147. The van der Waals surface area contributed by atoms with Crippen LogP contribution in [-0.4, -0.2) is 54.9 Å². The molecule has 0 aliphatic carbocycles. The van der Waals surface area contributed by atoms with E-state index in [1.54, 1.807) is 0 Å². The maximum atomic E-state index is 4.95. The highest BCUT2D eigenvalue weighted by Gasteiger charge is 2.14. The number of aromatic nitrogens is 6. The zero-order chi connectivity index (χ0) is 29.3. The molecule has 4 heterocycles. The Balaban J connectivity index is 0.851. The van der Waals surface area contributed by atoms with Crippen molar-refractivity contribution in [2.75, 3.05) is 36.8 Å². The third-order valence-electron chi connectivity index (χ3n) is 8.16. The van der Waals surface area contributed by atoms with E-state index in [2.05, 4.69) is 73.3 Å². The maximum absolute atomic E-state index is 4.95. The molecule has 3 N–H and O–H groups in total. The van der Waals surface area contributed by atoms with Gasteiger partial charge in [0, 0.05) is 23.9 Å². The molecule has 0 fully saturated rings. The fourth-order valence-electron chi connectivity index (χ4n) is 6.04. The first-order valence-electron chi connectivity index (χ1n) is 15.4. The number of imidazole rings is 2. The summed E-state index contributed by atoms with van der Waals surface area (Å²) >= 11 is 0. The molecule has 0 amide bonds. The first kappa shape index (κ1) is 26.4. The van der Waals surface area contributed by atoms with Gasteiger partial charge in [-0.25, -0.2) is 19.9 Å². The van der Waals surface area contributed by atoms with E-state index in [1.165, 1.54) is 0 Å². The minimum atomic E-state index is 0.823. The van der Waals surface area contributed by atoms with Crippen LogP contribution in [0.15, 0.2) is 97.1 Å². The van der Waals surface area contributed by atoms with Gasteiger partial charge in [-0.2, -0.15) is 0 Å². The monoisotopic (exact) mass is 579 g/mol. The molecule has 0 spiro atoms. The number of para-hydroxylation sites is 6. The van der Waals surface area contributed by atoms with Crippen LogP contribution >= 0.6 is 0 Å². The molecular weight excluding hydrogens is 546 g/mol. The topological polar surface area (TPSA) is 96.5 Å². The number of nitrogens with one attached hydrogen (secondary N) is 3. The van der Waals surface area contributed by atoms with Crippen molar-refractivity contribution >= 4 is 67.1 Å². The molecule has 0 saturated carbocycles. The van der Waals surface area contributed by atoms with Crippen molar-refractivity contribution in [3.05, 3.63) is 97.1 Å². The van der Waals surface area contributed by atoms with Crippen molar-refractivity contribution < 1.29 is 0 Å². The lowest BCUT2D eigenvalue weighted by molar-refractivity contribution is 0.618. The Kier molecular flexibility index (Phi) is 6.84. The van der Waals surface area contributed by atoms with Gasteiger partial charge in [0.1, 0.15) is 11.3 Å². The summed E-state index contributed by atoms with van der Waals surface area (Å²) in [6.45, 7) is 3.58. The van der Waals surface area contributed by atoms with E-state index in [1.807, 2.05) is 48.5 Å². The maximum Gasteiger partial charge on any atom is 0.209 e. The fourth-order valence-corrected chi connectivity index (χ4v) is 6.04. The number of rotatable bonds is 11. The molecule has 218 valence electrons. The van der Waals surface area contributed by atoms with E-state index in [0.717, 1.165) is 113 Å². The molecule has 4 aromatic heterocycles. The SMILES string of the molecule is c1ccc2c(c1)nc(NCCCCNCCCNc1nc3ccccc3c3nc4ccccc4n13)n1c3ccccc3nc21. The van der Waals surface area contributed by atoms with Crippen LogP contribution in [0.2, 0.25) is 0 Å². The Morgan fingerprint density at radius 1 is 0.432 bits per heavy atom. The molecule has 8 aromatic rings. The summed E-state index contributed by atoms with van der Waals surface area (Å²) in [5.74, 6) is 1.68. The number of unbranched alkanes of at least 4 members (excludes halogenated alkanes) is 1. The average molecular weight is 580 g/mol. The van der Waals surface area contributed by atoms with Crippen molar-refractivity contribution in [1.29, 1.82) is 0 Å². The van der Waals surface area contributed by atoms with Crippen molar-refractivity contribution in [2.45, 2.75) is 19.3 Å². The summed E-state index contributed by atoms with van der Waals surface area (Å²) in [7, 11) is 0. The van der Waals surface area contributed by atoms with Crippen LogP contribution in [0.1, 0.15) is 19.3 Å². The Labute approximate surface area is 254 Å². The van der Waals surface area contributed by atoms with E-state index in [4.69, 9.17) is 19.9 Å². The van der Waals surface area contributed by atoms with E-state index in [9.17, 15) is 0 Å². The molecule has 0 aliphatic heterocycles. The molecular formula is C35H33N9. The van der Waals surface area contributed by atoms with E-state index in [0.29, 0.717) is 0 Å². The van der Waals surface area contributed by atoms with Crippen LogP contribution in [0.5, 0.6) is 0 Å². The first-order valence-corrected chi connectivity index (χ1v) is 15.4. The molecule has 4 aromatic carbocycles. The summed E-state index contributed by atoms with van der Waals surface area (Å²) in [6.07, 6.45) is 3.11. The lowest BCUT2D eigenvalue weighted by atomic mass is 10.2. The second-order valence-corrected chi connectivity index (χ2v) is 11.1. The summed E-state index contributed by atoms with van der Waals surface area (Å²) in [6, 6.07) is 32.9. The van der Waals surface area contributed by atoms with Gasteiger partial charge in [-0.05, 0) is 80.9 Å². The number of benzene rings is 4. The fraction of sp³-hybridized carbons (Fsp3) is 0.200. The number of fused-ring (bicyclic) bond motifs is 10. The minimum Gasteiger partial charge on any atom is -0.355 e. The normalized spacial score (nSPS) is 11.9. The van der Waals surface area contributed by atoms with Gasteiger partial charge < -0.3 is 16.0 Å². The summed E-state index contributed by atoms with van der Waals surface area (Å²) in [5, 5.41) is 12.9. The summed E-state index contributed by atoms with van der Waals surface area (Å²) in [4.78, 5) is 19.7. The lowest BCUT2D eigenvalue weighted by Gasteiger charge is -2.12. The summed E-state index contributed by atoms with van der Waals surface area (Å²) in [5.41, 5.74) is 7.87. The molecule has 0 aliphatic rings. The first-order chi connectivity index (χ1) is 21.8. The van der Waals surface area contributed by atoms with Gasteiger partial charge in [0.05, 0.1) is 33.1 Å². The lowest BCUT2D eigenvalue weighted by Crippen LogP contribution is -2.20. The highest BCUT2D eigenvalue weighted by Crippen LogP contribution is 2.28. The van der Waals surface area contributed by atoms with Crippen LogP contribution in [0.25, 0.3) is 55.2 Å². The highest BCUT2D eigenvalue weighted by atomic mass is 15.2. The molecule has 9 nitrogen and oxygen atoms in total. The molecule has 0 bridgehead atoms. The van der Waals surface area contributed by atoms with Crippen molar-refractivity contribution in [3.8, 4) is 0 Å². The third-order valence-corrected chi connectivity index (χ3v) is 8.16. The van der Waals surface area contributed by atoms with Crippen molar-refractivity contribution in [3.63, 3.8) is 0 Å².